The average Bonchev–Trinajstić information content (AvgIpc) is 3.31. The summed E-state index contributed by atoms with van der Waals surface area (Å²) in [5.41, 5.74) is 9.73. The van der Waals surface area contributed by atoms with E-state index in [2.05, 4.69) is 103 Å². The molecule has 0 aliphatic carbocycles. The van der Waals surface area contributed by atoms with E-state index in [4.69, 9.17) is 17.2 Å². The molecule has 2 atom stereocenters. The molecule has 1 saturated heterocycles. The van der Waals surface area contributed by atoms with Crippen LogP contribution in [0.1, 0.15) is 51.4 Å². The summed E-state index contributed by atoms with van der Waals surface area (Å²) in [4.78, 5) is 7.02. The smallest absolute Gasteiger partial charge is 0.170 e. The predicted molar refractivity (Wildman–Crippen MR) is 142 cm³/mol. The van der Waals surface area contributed by atoms with Crippen molar-refractivity contribution in [1.82, 2.24) is 19.8 Å². The molecule has 1 aliphatic rings. The second-order valence-corrected chi connectivity index (χ2v) is 9.58. The van der Waals surface area contributed by atoms with Gasteiger partial charge in [0, 0.05) is 29.8 Å². The number of nitrogens with one attached hydrogen (secondary N) is 1. The van der Waals surface area contributed by atoms with Gasteiger partial charge in [-0.1, -0.05) is 48.5 Å². The number of nitrogens with zero attached hydrogens (tertiary/aromatic N) is 3. The van der Waals surface area contributed by atoms with Crippen LogP contribution in [0.2, 0.25) is 0 Å². The Morgan fingerprint density at radius 2 is 1.68 bits per heavy atom. The highest BCUT2D eigenvalue weighted by Gasteiger charge is 2.41. The molecule has 34 heavy (non-hydrogen) atoms. The molecule has 172 valence electrons. The monoisotopic (exact) mass is 466 g/mol. The molecule has 1 aliphatic heterocycles. The van der Waals surface area contributed by atoms with Crippen LogP contribution in [0.3, 0.4) is 0 Å². The minimum atomic E-state index is -0.0232. The number of hydrogen-bond acceptors (Lipinski definition) is 2. The second kappa shape index (κ2) is 9.07. The van der Waals surface area contributed by atoms with Gasteiger partial charge in [-0.3, -0.25) is 4.98 Å². The normalized spacial score (nSPS) is 17.8. The predicted octanol–water partition coefficient (Wildman–Crippen LogP) is 6.28. The van der Waals surface area contributed by atoms with Crippen molar-refractivity contribution < 1.29 is 0 Å². The number of aryl methyl sites for hydroxylation is 3. The van der Waals surface area contributed by atoms with E-state index < -0.39 is 0 Å². The van der Waals surface area contributed by atoms with Crippen molar-refractivity contribution in [2.45, 2.75) is 46.3 Å². The zero-order valence-electron chi connectivity index (χ0n) is 20.1. The van der Waals surface area contributed by atoms with Crippen molar-refractivity contribution in [3.8, 4) is 5.69 Å². The van der Waals surface area contributed by atoms with Gasteiger partial charge in [-0.25, -0.2) is 0 Å². The van der Waals surface area contributed by atoms with Gasteiger partial charge in [0.2, 0.25) is 0 Å². The molecule has 0 saturated carbocycles. The zero-order chi connectivity index (χ0) is 23.8. The van der Waals surface area contributed by atoms with E-state index in [-0.39, 0.29) is 12.1 Å². The lowest BCUT2D eigenvalue weighted by Crippen LogP contribution is -2.29. The third-order valence-corrected chi connectivity index (χ3v) is 7.14. The SMILES string of the molecule is Cc1ccc(C)c(-n2c(C)cc([C@@H]3[C@H](c4ccccn4)NC(=S)N3Cc3ccccc3)c2C)c1. The fourth-order valence-corrected chi connectivity index (χ4v) is 5.42. The third-order valence-electron chi connectivity index (χ3n) is 6.79. The first kappa shape index (κ1) is 22.4. The summed E-state index contributed by atoms with van der Waals surface area (Å²) in [6, 6.07) is 25.6. The lowest BCUT2D eigenvalue weighted by Gasteiger charge is -2.28. The molecule has 5 rings (SSSR count). The number of hydrogen-bond donors (Lipinski definition) is 1. The molecule has 5 heteroatoms. The van der Waals surface area contributed by atoms with Crippen molar-refractivity contribution in [3.63, 3.8) is 0 Å². The molecule has 1 fully saturated rings. The van der Waals surface area contributed by atoms with Gasteiger partial charge in [0.1, 0.15) is 0 Å². The van der Waals surface area contributed by atoms with Crippen LogP contribution in [-0.2, 0) is 6.54 Å². The van der Waals surface area contributed by atoms with E-state index in [1.54, 1.807) is 0 Å². The Morgan fingerprint density at radius 3 is 2.41 bits per heavy atom. The minimum Gasteiger partial charge on any atom is -0.352 e. The average molecular weight is 467 g/mol. The first-order valence-corrected chi connectivity index (χ1v) is 12.1. The molecule has 0 spiro atoms. The van der Waals surface area contributed by atoms with E-state index in [9.17, 15) is 0 Å². The van der Waals surface area contributed by atoms with Gasteiger partial charge in [-0.05, 0) is 86.4 Å². The van der Waals surface area contributed by atoms with E-state index in [1.165, 1.54) is 39.3 Å². The molecule has 3 heterocycles. The van der Waals surface area contributed by atoms with Gasteiger partial charge in [-0.15, -0.1) is 0 Å². The number of benzene rings is 2. The minimum absolute atomic E-state index is 0.0232. The Hall–Kier alpha value is -3.44. The third kappa shape index (κ3) is 4.01. The van der Waals surface area contributed by atoms with Crippen LogP contribution in [0.5, 0.6) is 0 Å². The molecule has 0 bridgehead atoms. The van der Waals surface area contributed by atoms with E-state index in [0.717, 1.165) is 17.4 Å². The number of thiocarbonyl (C=S) groups is 1. The largest absolute Gasteiger partial charge is 0.352 e. The van der Waals surface area contributed by atoms with Crippen molar-refractivity contribution in [2.75, 3.05) is 0 Å². The first-order chi connectivity index (χ1) is 16.4. The summed E-state index contributed by atoms with van der Waals surface area (Å²) in [6.07, 6.45) is 1.86. The Balaban J connectivity index is 1.64. The van der Waals surface area contributed by atoms with Gasteiger partial charge in [0.05, 0.1) is 17.8 Å². The molecule has 0 unspecified atom stereocenters. The van der Waals surface area contributed by atoms with Crippen molar-refractivity contribution in [2.24, 2.45) is 0 Å². The van der Waals surface area contributed by atoms with Crippen LogP contribution >= 0.6 is 12.2 Å². The zero-order valence-corrected chi connectivity index (χ0v) is 20.9. The highest BCUT2D eigenvalue weighted by molar-refractivity contribution is 7.80. The van der Waals surface area contributed by atoms with E-state index in [1.807, 2.05) is 18.3 Å². The first-order valence-electron chi connectivity index (χ1n) is 11.7. The summed E-state index contributed by atoms with van der Waals surface area (Å²) in [5, 5.41) is 4.36. The molecule has 1 N–H and O–H groups in total. The van der Waals surface area contributed by atoms with Crippen molar-refractivity contribution in [1.29, 1.82) is 0 Å². The summed E-state index contributed by atoms with van der Waals surface area (Å²) < 4.78 is 2.38. The molecule has 4 nitrogen and oxygen atoms in total. The second-order valence-electron chi connectivity index (χ2n) is 9.19. The highest BCUT2D eigenvalue weighted by Crippen LogP contribution is 2.42. The van der Waals surface area contributed by atoms with Crippen LogP contribution in [0, 0.1) is 27.7 Å². The van der Waals surface area contributed by atoms with Gasteiger partial charge in [0.25, 0.3) is 0 Å². The number of rotatable bonds is 5. The van der Waals surface area contributed by atoms with Crippen molar-refractivity contribution >= 4 is 17.3 Å². The molecule has 4 aromatic rings. The summed E-state index contributed by atoms with van der Waals surface area (Å²) in [7, 11) is 0. The lowest BCUT2D eigenvalue weighted by molar-refractivity contribution is 0.310. The van der Waals surface area contributed by atoms with Crippen molar-refractivity contribution in [3.05, 3.63) is 118 Å². The van der Waals surface area contributed by atoms with Crippen LogP contribution in [0.15, 0.2) is 79.0 Å². The summed E-state index contributed by atoms with van der Waals surface area (Å²) >= 11 is 5.89. The molecule has 2 aromatic carbocycles. The Kier molecular flexibility index (Phi) is 5.96. The maximum absolute atomic E-state index is 5.89. The fourth-order valence-electron chi connectivity index (χ4n) is 5.11. The van der Waals surface area contributed by atoms with Crippen LogP contribution in [0.4, 0.5) is 0 Å². The van der Waals surface area contributed by atoms with Crippen LogP contribution in [-0.4, -0.2) is 19.6 Å². The Morgan fingerprint density at radius 1 is 0.912 bits per heavy atom. The van der Waals surface area contributed by atoms with Crippen LogP contribution < -0.4 is 5.32 Å². The molecule has 0 radical (unpaired) electrons. The Bertz CT molecular complexity index is 1330. The van der Waals surface area contributed by atoms with Gasteiger partial charge >= 0.3 is 0 Å². The van der Waals surface area contributed by atoms with E-state index >= 15 is 0 Å². The molecular weight excluding hydrogens is 436 g/mol. The molecular formula is C29H30N4S. The van der Waals surface area contributed by atoms with Gasteiger partial charge in [-0.2, -0.15) is 0 Å². The van der Waals surface area contributed by atoms with Gasteiger partial charge in [0.15, 0.2) is 5.11 Å². The standard InChI is InChI=1S/C29H30N4S/c1-19-13-14-20(2)26(16-19)33-21(3)17-24(22(33)4)28-27(25-12-8-9-15-30-25)31-29(34)32(28)18-23-10-6-5-7-11-23/h5-17,27-28H,18H2,1-4H3,(H,31,34)/t27-,28+/m0/s1. The fraction of sp³-hybridized carbons (Fsp3) is 0.241. The van der Waals surface area contributed by atoms with E-state index in [0.29, 0.717) is 0 Å². The number of pyridine rings is 1. The molecule has 0 amide bonds. The molecule has 2 aromatic heterocycles. The topological polar surface area (TPSA) is 33.1 Å². The maximum atomic E-state index is 5.89. The summed E-state index contributed by atoms with van der Waals surface area (Å²) in [5.74, 6) is 0. The summed E-state index contributed by atoms with van der Waals surface area (Å²) in [6.45, 7) is 9.49. The lowest BCUT2D eigenvalue weighted by atomic mass is 9.96. The maximum Gasteiger partial charge on any atom is 0.170 e. The van der Waals surface area contributed by atoms with Gasteiger partial charge < -0.3 is 14.8 Å². The Labute approximate surface area is 207 Å². The van der Waals surface area contributed by atoms with Crippen LogP contribution in [0.25, 0.3) is 5.69 Å². The quantitative estimate of drug-likeness (QED) is 0.351. The number of aromatic nitrogens is 2. The highest BCUT2D eigenvalue weighted by atomic mass is 32.1.